The van der Waals surface area contributed by atoms with Crippen LogP contribution in [0.5, 0.6) is 0 Å². The summed E-state index contributed by atoms with van der Waals surface area (Å²) >= 11 is 1.21. The summed E-state index contributed by atoms with van der Waals surface area (Å²) in [5.41, 5.74) is 4.23. The highest BCUT2D eigenvalue weighted by Crippen LogP contribution is 2.34. The van der Waals surface area contributed by atoms with Gasteiger partial charge in [-0.15, -0.1) is 11.3 Å². The number of fused-ring (bicyclic) bond motifs is 2. The van der Waals surface area contributed by atoms with E-state index in [0.717, 1.165) is 23.2 Å². The number of thiophene rings is 1. The third-order valence-corrected chi connectivity index (χ3v) is 9.05. The maximum atomic E-state index is 13.6. The van der Waals surface area contributed by atoms with E-state index in [1.165, 1.54) is 21.2 Å². The summed E-state index contributed by atoms with van der Waals surface area (Å²) in [6, 6.07) is 17.4. The van der Waals surface area contributed by atoms with Gasteiger partial charge >= 0.3 is 0 Å². The van der Waals surface area contributed by atoms with E-state index in [4.69, 9.17) is 0 Å². The van der Waals surface area contributed by atoms with Crippen molar-refractivity contribution in [3.63, 3.8) is 0 Å². The normalized spacial score (nSPS) is 19.0. The van der Waals surface area contributed by atoms with Crippen molar-refractivity contribution in [2.45, 2.75) is 31.2 Å². The molecule has 1 unspecified atom stereocenters. The lowest BCUT2D eigenvalue weighted by atomic mass is 9.94. The highest BCUT2D eigenvalue weighted by Gasteiger charge is 2.35. The van der Waals surface area contributed by atoms with Crippen LogP contribution >= 0.6 is 11.3 Å². The summed E-state index contributed by atoms with van der Waals surface area (Å²) in [6.07, 6.45) is 1.60. The molecule has 0 fully saturated rings. The Morgan fingerprint density at radius 3 is 2.52 bits per heavy atom. The Bertz CT molecular complexity index is 1250. The number of para-hydroxylation sites is 1. The quantitative estimate of drug-likeness (QED) is 0.594. The Kier molecular flexibility index (Phi) is 5.20. The molecule has 3 heterocycles. The molecule has 0 aliphatic carbocycles. The van der Waals surface area contributed by atoms with Gasteiger partial charge in [-0.2, -0.15) is 4.31 Å². The fraction of sp³-hybridized carbons (Fsp3) is 0.292. The predicted molar refractivity (Wildman–Crippen MR) is 123 cm³/mol. The van der Waals surface area contributed by atoms with Crippen LogP contribution in [-0.2, 0) is 29.4 Å². The average molecular weight is 453 g/mol. The van der Waals surface area contributed by atoms with Crippen molar-refractivity contribution in [1.82, 2.24) is 4.31 Å². The molecule has 1 atom stereocenters. The van der Waals surface area contributed by atoms with E-state index in [9.17, 15) is 13.2 Å². The number of amides is 1. The summed E-state index contributed by atoms with van der Waals surface area (Å²) < 4.78 is 28.6. The van der Waals surface area contributed by atoms with Gasteiger partial charge in [0.25, 0.3) is 5.91 Å². The number of benzene rings is 2. The Morgan fingerprint density at radius 1 is 1.00 bits per heavy atom. The van der Waals surface area contributed by atoms with Gasteiger partial charge in [0, 0.05) is 25.3 Å². The van der Waals surface area contributed by atoms with E-state index in [2.05, 4.69) is 6.92 Å². The van der Waals surface area contributed by atoms with Gasteiger partial charge < -0.3 is 4.90 Å². The van der Waals surface area contributed by atoms with E-state index in [0.29, 0.717) is 36.9 Å². The average Bonchev–Trinajstić information content (AvgIpc) is 3.28. The molecule has 1 aromatic heterocycles. The second kappa shape index (κ2) is 7.89. The molecule has 0 spiro atoms. The van der Waals surface area contributed by atoms with Crippen LogP contribution in [0.25, 0.3) is 0 Å². The molecule has 0 saturated heterocycles. The summed E-state index contributed by atoms with van der Waals surface area (Å²) in [6.45, 7) is 3.47. The molecule has 0 bridgehead atoms. The molecule has 0 N–H and O–H groups in total. The molecule has 31 heavy (non-hydrogen) atoms. The van der Waals surface area contributed by atoms with Gasteiger partial charge in [-0.1, -0.05) is 49.4 Å². The van der Waals surface area contributed by atoms with E-state index < -0.39 is 10.0 Å². The minimum absolute atomic E-state index is 0.123. The van der Waals surface area contributed by atoms with E-state index >= 15 is 0 Å². The Morgan fingerprint density at radius 2 is 1.71 bits per heavy atom. The second-order valence-corrected chi connectivity index (χ2v) is 11.1. The van der Waals surface area contributed by atoms with Gasteiger partial charge in [0.1, 0.15) is 9.77 Å². The molecule has 0 saturated carbocycles. The van der Waals surface area contributed by atoms with Crippen molar-refractivity contribution in [3.8, 4) is 0 Å². The van der Waals surface area contributed by atoms with Crippen molar-refractivity contribution < 1.29 is 13.2 Å². The molecular formula is C24H24N2O3S2. The summed E-state index contributed by atoms with van der Waals surface area (Å²) in [5.74, 6) is 0.0856. The zero-order valence-corrected chi connectivity index (χ0v) is 19.0. The number of rotatable bonds is 3. The molecular weight excluding hydrogens is 428 g/mol. The largest absolute Gasteiger partial charge is 0.307 e. The third-order valence-electron chi connectivity index (χ3n) is 6.13. The maximum absolute atomic E-state index is 13.6. The van der Waals surface area contributed by atoms with Crippen LogP contribution < -0.4 is 4.90 Å². The fourth-order valence-corrected chi connectivity index (χ4v) is 7.34. The van der Waals surface area contributed by atoms with Crippen molar-refractivity contribution in [1.29, 1.82) is 0 Å². The molecule has 2 aliphatic heterocycles. The summed E-state index contributed by atoms with van der Waals surface area (Å²) in [7, 11) is -3.77. The lowest BCUT2D eigenvalue weighted by molar-refractivity contribution is 0.0982. The van der Waals surface area contributed by atoms with Gasteiger partial charge in [0.2, 0.25) is 10.0 Å². The zero-order chi connectivity index (χ0) is 21.6. The van der Waals surface area contributed by atoms with Crippen LogP contribution in [0.15, 0.2) is 64.9 Å². The number of carbonyl (C=O) groups excluding carboxylic acids is 1. The molecule has 7 heteroatoms. The molecule has 3 aromatic rings. The monoisotopic (exact) mass is 452 g/mol. The molecule has 2 aromatic carbocycles. The molecule has 0 radical (unpaired) electrons. The third kappa shape index (κ3) is 3.60. The first-order valence-corrected chi connectivity index (χ1v) is 12.8. The lowest BCUT2D eigenvalue weighted by Crippen LogP contribution is -2.40. The predicted octanol–water partition coefficient (Wildman–Crippen LogP) is 4.33. The highest BCUT2D eigenvalue weighted by atomic mass is 32.2. The maximum Gasteiger partial charge on any atom is 0.269 e. The van der Waals surface area contributed by atoms with Crippen LogP contribution in [0.1, 0.15) is 33.3 Å². The topological polar surface area (TPSA) is 57.7 Å². The van der Waals surface area contributed by atoms with Crippen molar-refractivity contribution in [2.75, 3.05) is 18.0 Å². The van der Waals surface area contributed by atoms with Gasteiger partial charge in [0.15, 0.2) is 0 Å². The van der Waals surface area contributed by atoms with Crippen LogP contribution in [0.2, 0.25) is 0 Å². The lowest BCUT2D eigenvalue weighted by Gasteiger charge is -2.33. The number of nitrogens with zero attached hydrogens (tertiary/aromatic N) is 2. The Labute approximate surface area is 187 Å². The van der Waals surface area contributed by atoms with E-state index in [1.54, 1.807) is 16.3 Å². The SMILES string of the molecule is CC1Cc2ccccc2N(C(=O)c2sccc2S(=O)(=O)N2CCc3ccccc3C2)C1. The van der Waals surface area contributed by atoms with Crippen molar-refractivity contribution in [3.05, 3.63) is 81.5 Å². The standard InChI is InChI=1S/C24H24N2O3S2/c1-17-14-19-7-4-5-9-21(19)26(15-17)24(27)23-22(11-13-30-23)31(28,29)25-12-10-18-6-2-3-8-20(18)16-25/h2-9,11,13,17H,10,12,14-16H2,1H3. The number of hydrogen-bond acceptors (Lipinski definition) is 4. The van der Waals surface area contributed by atoms with Gasteiger partial charge in [-0.25, -0.2) is 8.42 Å². The van der Waals surface area contributed by atoms with Gasteiger partial charge in [-0.3, -0.25) is 4.79 Å². The zero-order valence-electron chi connectivity index (χ0n) is 17.3. The molecule has 5 nitrogen and oxygen atoms in total. The van der Waals surface area contributed by atoms with E-state index in [-0.39, 0.29) is 10.8 Å². The molecule has 2 aliphatic rings. The van der Waals surface area contributed by atoms with Crippen molar-refractivity contribution >= 4 is 33.0 Å². The minimum atomic E-state index is -3.77. The first kappa shape index (κ1) is 20.4. The first-order chi connectivity index (χ1) is 14.9. The van der Waals surface area contributed by atoms with Crippen LogP contribution in [-0.4, -0.2) is 31.7 Å². The Balaban J connectivity index is 1.48. The molecule has 160 valence electrons. The van der Waals surface area contributed by atoms with E-state index in [1.807, 2.05) is 48.5 Å². The van der Waals surface area contributed by atoms with Gasteiger partial charge in [0.05, 0.1) is 0 Å². The number of anilines is 1. The molecule has 5 rings (SSSR count). The number of carbonyl (C=O) groups is 1. The minimum Gasteiger partial charge on any atom is -0.307 e. The number of hydrogen-bond donors (Lipinski definition) is 0. The van der Waals surface area contributed by atoms with Crippen molar-refractivity contribution in [2.24, 2.45) is 5.92 Å². The highest BCUT2D eigenvalue weighted by molar-refractivity contribution is 7.89. The van der Waals surface area contributed by atoms with Crippen LogP contribution in [0, 0.1) is 5.92 Å². The molecule has 1 amide bonds. The second-order valence-electron chi connectivity index (χ2n) is 8.33. The first-order valence-electron chi connectivity index (χ1n) is 10.5. The van der Waals surface area contributed by atoms with Crippen LogP contribution in [0.3, 0.4) is 0 Å². The smallest absolute Gasteiger partial charge is 0.269 e. The summed E-state index contributed by atoms with van der Waals surface area (Å²) in [4.78, 5) is 15.7. The number of sulfonamides is 1. The fourth-order valence-electron chi connectivity index (χ4n) is 4.58. The van der Waals surface area contributed by atoms with Gasteiger partial charge in [-0.05, 0) is 53.0 Å². The summed E-state index contributed by atoms with van der Waals surface area (Å²) in [5, 5.41) is 1.71. The van der Waals surface area contributed by atoms with Crippen LogP contribution in [0.4, 0.5) is 5.69 Å². The Hall–Kier alpha value is -2.48.